The first-order valence-electron chi connectivity index (χ1n) is 6.99. The Labute approximate surface area is 124 Å². The van der Waals surface area contributed by atoms with E-state index < -0.39 is 5.60 Å². The largest absolute Gasteiger partial charge is 0.469 e. The van der Waals surface area contributed by atoms with Crippen molar-refractivity contribution in [2.24, 2.45) is 5.92 Å². The van der Waals surface area contributed by atoms with Gasteiger partial charge in [0, 0.05) is 13.0 Å². The van der Waals surface area contributed by atoms with Crippen molar-refractivity contribution in [1.82, 2.24) is 0 Å². The Bertz CT molecular complexity index is 623. The molecule has 21 heavy (non-hydrogen) atoms. The van der Waals surface area contributed by atoms with E-state index in [0.717, 1.165) is 11.1 Å². The zero-order valence-corrected chi connectivity index (χ0v) is 12.2. The van der Waals surface area contributed by atoms with E-state index in [1.54, 1.807) is 7.11 Å². The molecule has 0 unspecified atom stereocenters. The van der Waals surface area contributed by atoms with Crippen molar-refractivity contribution >= 4 is 5.97 Å². The van der Waals surface area contributed by atoms with E-state index in [2.05, 4.69) is 0 Å². The summed E-state index contributed by atoms with van der Waals surface area (Å²) in [5, 5.41) is 0. The number of carbonyl (C=O) groups excluding carboxylic acids is 1. The van der Waals surface area contributed by atoms with Crippen molar-refractivity contribution in [2.75, 3.05) is 14.2 Å². The van der Waals surface area contributed by atoms with Crippen LogP contribution in [0.25, 0.3) is 0 Å². The third kappa shape index (κ3) is 2.05. The molecule has 0 spiro atoms. The quantitative estimate of drug-likeness (QED) is 0.808. The molecule has 0 aromatic heterocycles. The number of benzene rings is 2. The summed E-state index contributed by atoms with van der Waals surface area (Å²) in [5.41, 5.74) is 1.48. The van der Waals surface area contributed by atoms with E-state index in [1.807, 2.05) is 60.7 Å². The molecule has 1 aliphatic carbocycles. The van der Waals surface area contributed by atoms with Gasteiger partial charge >= 0.3 is 5.97 Å². The summed E-state index contributed by atoms with van der Waals surface area (Å²) in [6, 6.07) is 19.9. The molecule has 0 saturated heterocycles. The van der Waals surface area contributed by atoms with Crippen LogP contribution >= 0.6 is 0 Å². The van der Waals surface area contributed by atoms with Gasteiger partial charge in [-0.1, -0.05) is 60.7 Å². The molecule has 3 atom stereocenters. The van der Waals surface area contributed by atoms with Gasteiger partial charge in [0.05, 0.1) is 7.11 Å². The van der Waals surface area contributed by atoms with Crippen molar-refractivity contribution in [1.29, 1.82) is 0 Å². The summed E-state index contributed by atoms with van der Waals surface area (Å²) >= 11 is 0. The van der Waals surface area contributed by atoms with Gasteiger partial charge in [-0.2, -0.15) is 0 Å². The highest BCUT2D eigenvalue weighted by molar-refractivity contribution is 5.81. The fourth-order valence-electron chi connectivity index (χ4n) is 3.33. The summed E-state index contributed by atoms with van der Waals surface area (Å²) in [7, 11) is 3.08. The van der Waals surface area contributed by atoms with E-state index in [4.69, 9.17) is 9.47 Å². The summed E-state index contributed by atoms with van der Waals surface area (Å²) in [4.78, 5) is 12.2. The molecule has 1 aliphatic rings. The Morgan fingerprint density at radius 1 is 0.952 bits per heavy atom. The van der Waals surface area contributed by atoms with Gasteiger partial charge in [0.2, 0.25) is 0 Å². The van der Waals surface area contributed by atoms with Crippen LogP contribution in [0.3, 0.4) is 0 Å². The van der Waals surface area contributed by atoms with Crippen LogP contribution in [0.4, 0.5) is 0 Å². The highest BCUT2D eigenvalue weighted by Crippen LogP contribution is 2.66. The maximum atomic E-state index is 12.2. The SMILES string of the molecule is COC(=O)[C@@H]1[C@@H](c2ccccc2)[C@]1(OC)c1ccccc1. The van der Waals surface area contributed by atoms with Gasteiger partial charge in [-0.15, -0.1) is 0 Å². The van der Waals surface area contributed by atoms with E-state index >= 15 is 0 Å². The highest BCUT2D eigenvalue weighted by atomic mass is 16.5. The topological polar surface area (TPSA) is 35.5 Å². The molecule has 1 saturated carbocycles. The van der Waals surface area contributed by atoms with Crippen molar-refractivity contribution in [3.8, 4) is 0 Å². The number of esters is 1. The van der Waals surface area contributed by atoms with Crippen LogP contribution in [0, 0.1) is 5.92 Å². The monoisotopic (exact) mass is 282 g/mol. The number of methoxy groups -OCH3 is 2. The van der Waals surface area contributed by atoms with Crippen LogP contribution in [0.15, 0.2) is 60.7 Å². The lowest BCUT2D eigenvalue weighted by Gasteiger charge is -2.17. The lowest BCUT2D eigenvalue weighted by molar-refractivity contribution is -0.144. The zero-order chi connectivity index (χ0) is 14.9. The van der Waals surface area contributed by atoms with Gasteiger partial charge in [-0.3, -0.25) is 4.79 Å². The fraction of sp³-hybridized carbons (Fsp3) is 0.278. The molecular weight excluding hydrogens is 264 g/mol. The van der Waals surface area contributed by atoms with E-state index in [1.165, 1.54) is 7.11 Å². The number of hydrogen-bond donors (Lipinski definition) is 0. The summed E-state index contributed by atoms with van der Waals surface area (Å²) in [6.45, 7) is 0. The molecule has 108 valence electrons. The maximum Gasteiger partial charge on any atom is 0.312 e. The van der Waals surface area contributed by atoms with E-state index in [0.29, 0.717) is 0 Å². The Morgan fingerprint density at radius 3 is 2.05 bits per heavy atom. The number of hydrogen-bond acceptors (Lipinski definition) is 3. The molecule has 0 bridgehead atoms. The Balaban J connectivity index is 2.07. The molecule has 1 fully saturated rings. The van der Waals surface area contributed by atoms with Crippen LogP contribution in [-0.2, 0) is 19.9 Å². The van der Waals surface area contributed by atoms with Crippen molar-refractivity contribution in [3.05, 3.63) is 71.8 Å². The van der Waals surface area contributed by atoms with Gasteiger partial charge in [0.1, 0.15) is 11.5 Å². The first-order chi connectivity index (χ1) is 10.3. The minimum absolute atomic E-state index is 0.0152. The van der Waals surface area contributed by atoms with Gasteiger partial charge in [-0.25, -0.2) is 0 Å². The second kappa shape index (κ2) is 5.34. The molecule has 2 aromatic rings. The molecule has 0 amide bonds. The fourth-order valence-corrected chi connectivity index (χ4v) is 3.33. The molecule has 2 aromatic carbocycles. The minimum Gasteiger partial charge on any atom is -0.469 e. The van der Waals surface area contributed by atoms with Crippen LogP contribution in [0.2, 0.25) is 0 Å². The predicted octanol–water partition coefficient (Wildman–Crippen LogP) is 3.11. The van der Waals surface area contributed by atoms with Crippen LogP contribution < -0.4 is 0 Å². The van der Waals surface area contributed by atoms with Gasteiger partial charge in [0.15, 0.2) is 0 Å². The lowest BCUT2D eigenvalue weighted by Crippen LogP contribution is -2.18. The molecule has 0 N–H and O–H groups in total. The van der Waals surface area contributed by atoms with Crippen molar-refractivity contribution < 1.29 is 14.3 Å². The van der Waals surface area contributed by atoms with E-state index in [9.17, 15) is 4.79 Å². The second-order valence-corrected chi connectivity index (χ2v) is 5.25. The zero-order valence-electron chi connectivity index (χ0n) is 12.2. The maximum absolute atomic E-state index is 12.2. The molecule has 3 rings (SSSR count). The summed E-state index contributed by atoms with van der Waals surface area (Å²) in [5.74, 6) is -0.551. The van der Waals surface area contributed by atoms with Gasteiger partial charge in [-0.05, 0) is 11.1 Å². The van der Waals surface area contributed by atoms with E-state index in [-0.39, 0.29) is 17.8 Å². The second-order valence-electron chi connectivity index (χ2n) is 5.25. The van der Waals surface area contributed by atoms with Gasteiger partial charge < -0.3 is 9.47 Å². The van der Waals surface area contributed by atoms with Crippen LogP contribution in [0.5, 0.6) is 0 Å². The first kappa shape index (κ1) is 13.8. The first-order valence-corrected chi connectivity index (χ1v) is 6.99. The van der Waals surface area contributed by atoms with Crippen LogP contribution in [-0.4, -0.2) is 20.2 Å². The van der Waals surface area contributed by atoms with Crippen LogP contribution in [0.1, 0.15) is 17.0 Å². The molecular formula is C18H18O3. The summed E-state index contributed by atoms with van der Waals surface area (Å²) in [6.07, 6.45) is 0. The molecule has 3 heteroatoms. The standard InChI is InChI=1S/C18H18O3/c1-20-17(19)16-15(13-9-5-3-6-10-13)18(16,21-2)14-11-7-4-8-12-14/h3-12,15-16H,1-2H3/t15-,16+,18-/m1/s1. The van der Waals surface area contributed by atoms with Gasteiger partial charge in [0.25, 0.3) is 0 Å². The molecule has 0 heterocycles. The molecule has 0 radical (unpaired) electrons. The smallest absolute Gasteiger partial charge is 0.312 e. The average Bonchev–Trinajstić information content (AvgIpc) is 3.26. The number of ether oxygens (including phenoxy) is 2. The summed E-state index contributed by atoms with van der Waals surface area (Å²) < 4.78 is 10.8. The molecule has 0 aliphatic heterocycles. The number of rotatable bonds is 4. The number of carbonyl (C=O) groups is 1. The Kier molecular flexibility index (Phi) is 3.52. The normalized spacial score (nSPS) is 27.1. The third-order valence-corrected chi connectivity index (χ3v) is 4.32. The lowest BCUT2D eigenvalue weighted by atomic mass is 10.0. The Hall–Kier alpha value is -2.13. The average molecular weight is 282 g/mol. The molecule has 3 nitrogen and oxygen atoms in total. The van der Waals surface area contributed by atoms with Crippen molar-refractivity contribution in [2.45, 2.75) is 11.5 Å². The predicted molar refractivity (Wildman–Crippen MR) is 79.8 cm³/mol. The highest BCUT2D eigenvalue weighted by Gasteiger charge is 2.71. The Morgan fingerprint density at radius 2 is 1.52 bits per heavy atom. The van der Waals surface area contributed by atoms with Crippen molar-refractivity contribution in [3.63, 3.8) is 0 Å². The third-order valence-electron chi connectivity index (χ3n) is 4.32. The minimum atomic E-state index is -0.629.